The fraction of sp³-hybridized carbons (Fsp3) is 0.667. The van der Waals surface area contributed by atoms with E-state index in [1.807, 2.05) is 6.92 Å². The highest BCUT2D eigenvalue weighted by atomic mass is 32.2. The molecule has 0 unspecified atom stereocenters. The molecule has 1 rings (SSSR count). The van der Waals surface area contributed by atoms with Crippen molar-refractivity contribution in [3.63, 3.8) is 0 Å². The van der Waals surface area contributed by atoms with E-state index < -0.39 is 16.0 Å². The predicted molar refractivity (Wildman–Crippen MR) is 75.2 cm³/mol. The monoisotopic (exact) mass is 319 g/mol. The first-order valence-electron chi connectivity index (χ1n) is 6.55. The van der Waals surface area contributed by atoms with Crippen molar-refractivity contribution in [3.05, 3.63) is 12.0 Å². The molecule has 1 aromatic rings. The minimum Gasteiger partial charge on any atom is -0.469 e. The average Bonchev–Trinajstić information content (AvgIpc) is 2.96. The normalized spacial score (nSPS) is 11.8. The van der Waals surface area contributed by atoms with Gasteiger partial charge >= 0.3 is 5.97 Å². The summed E-state index contributed by atoms with van der Waals surface area (Å²) in [5, 5.41) is 0.0142. The maximum absolute atomic E-state index is 12.5. The molecule has 0 amide bonds. The van der Waals surface area contributed by atoms with Crippen LogP contribution < -0.4 is 0 Å². The van der Waals surface area contributed by atoms with Crippen LogP contribution in [0.4, 0.5) is 0 Å². The van der Waals surface area contributed by atoms with Crippen LogP contribution in [0.1, 0.15) is 19.2 Å². The zero-order valence-corrected chi connectivity index (χ0v) is 13.3. The van der Waals surface area contributed by atoms with Gasteiger partial charge in [-0.05, 0) is 0 Å². The quantitative estimate of drug-likeness (QED) is 0.651. The van der Waals surface area contributed by atoms with Crippen LogP contribution in [0.3, 0.4) is 0 Å². The fourth-order valence-electron chi connectivity index (χ4n) is 1.66. The fourth-order valence-corrected chi connectivity index (χ4v) is 3.01. The Bertz CT molecular complexity index is 555. The molecule has 0 spiro atoms. The molecule has 0 aliphatic heterocycles. The van der Waals surface area contributed by atoms with Crippen LogP contribution in [0.5, 0.6) is 0 Å². The molecule has 0 radical (unpaired) electrons. The summed E-state index contributed by atoms with van der Waals surface area (Å²) >= 11 is 0. The zero-order chi connectivity index (χ0) is 15.9. The van der Waals surface area contributed by atoms with E-state index in [1.54, 1.807) is 0 Å². The van der Waals surface area contributed by atoms with Crippen molar-refractivity contribution in [1.29, 1.82) is 0 Å². The van der Waals surface area contributed by atoms with Crippen LogP contribution in [-0.2, 0) is 30.7 Å². The standard InChI is InChI=1S/C12H21N3O5S/c1-4-10-13-9-11(14-10)21(17,18)15(7-8-19-2)6-5-12(16)20-3/h9H,4-8H2,1-3H3,(H,13,14). The molecule has 0 aromatic carbocycles. The third-order valence-corrected chi connectivity index (χ3v) is 4.70. The molecule has 0 saturated carbocycles. The summed E-state index contributed by atoms with van der Waals surface area (Å²) in [4.78, 5) is 18.0. The number of aromatic amines is 1. The van der Waals surface area contributed by atoms with E-state index in [0.717, 1.165) is 0 Å². The first-order valence-corrected chi connectivity index (χ1v) is 7.99. The Hall–Kier alpha value is -1.45. The molecule has 0 aliphatic rings. The van der Waals surface area contributed by atoms with E-state index >= 15 is 0 Å². The van der Waals surface area contributed by atoms with Gasteiger partial charge in [-0.3, -0.25) is 4.79 Å². The molecule has 1 N–H and O–H groups in total. The highest BCUT2D eigenvalue weighted by Crippen LogP contribution is 2.14. The lowest BCUT2D eigenvalue weighted by atomic mass is 10.4. The SMILES string of the molecule is CCc1ncc(S(=O)(=O)N(CCOC)CCC(=O)OC)[nH]1. The van der Waals surface area contributed by atoms with Gasteiger partial charge in [0.15, 0.2) is 5.03 Å². The number of hydrogen-bond donors (Lipinski definition) is 1. The summed E-state index contributed by atoms with van der Waals surface area (Å²) in [6.45, 7) is 2.28. The number of imidazole rings is 1. The van der Waals surface area contributed by atoms with Crippen LogP contribution in [0.15, 0.2) is 11.2 Å². The van der Waals surface area contributed by atoms with Gasteiger partial charge in [0.25, 0.3) is 10.0 Å². The van der Waals surface area contributed by atoms with Crippen LogP contribution >= 0.6 is 0 Å². The van der Waals surface area contributed by atoms with Crippen molar-refractivity contribution in [3.8, 4) is 0 Å². The number of carbonyl (C=O) groups is 1. The van der Waals surface area contributed by atoms with E-state index in [-0.39, 0.29) is 31.1 Å². The first kappa shape index (κ1) is 17.6. The number of nitrogens with one attached hydrogen (secondary N) is 1. The Labute approximate surface area is 124 Å². The number of ether oxygens (including phenoxy) is 2. The number of H-pyrrole nitrogens is 1. The van der Waals surface area contributed by atoms with E-state index in [4.69, 9.17) is 4.74 Å². The maximum Gasteiger partial charge on any atom is 0.306 e. The van der Waals surface area contributed by atoms with Gasteiger partial charge in [-0.2, -0.15) is 4.31 Å². The molecular weight excluding hydrogens is 298 g/mol. The number of sulfonamides is 1. The van der Waals surface area contributed by atoms with Crippen molar-refractivity contribution in [2.75, 3.05) is 33.9 Å². The summed E-state index contributed by atoms with van der Waals surface area (Å²) < 4.78 is 35.7. The van der Waals surface area contributed by atoms with E-state index in [1.165, 1.54) is 24.7 Å². The summed E-state index contributed by atoms with van der Waals surface area (Å²) in [7, 11) is -0.994. The topological polar surface area (TPSA) is 102 Å². The second-order valence-corrected chi connectivity index (χ2v) is 6.18. The molecule has 1 heterocycles. The van der Waals surface area contributed by atoms with Crippen LogP contribution in [0.25, 0.3) is 0 Å². The second kappa shape index (κ2) is 8.11. The second-order valence-electron chi connectivity index (χ2n) is 4.27. The van der Waals surface area contributed by atoms with Gasteiger partial charge in [-0.15, -0.1) is 0 Å². The third kappa shape index (κ3) is 4.80. The molecule has 21 heavy (non-hydrogen) atoms. The molecule has 8 nitrogen and oxygen atoms in total. The molecule has 0 saturated heterocycles. The van der Waals surface area contributed by atoms with Gasteiger partial charge in [0.05, 0.1) is 26.3 Å². The molecule has 0 aliphatic carbocycles. The number of methoxy groups -OCH3 is 2. The maximum atomic E-state index is 12.5. The summed E-state index contributed by atoms with van der Waals surface area (Å²) in [6.07, 6.45) is 1.87. The molecule has 0 fully saturated rings. The van der Waals surface area contributed by atoms with E-state index in [2.05, 4.69) is 14.7 Å². The van der Waals surface area contributed by atoms with Crippen LogP contribution in [-0.4, -0.2) is 62.6 Å². The smallest absolute Gasteiger partial charge is 0.306 e. The Morgan fingerprint density at radius 1 is 1.38 bits per heavy atom. The lowest BCUT2D eigenvalue weighted by Gasteiger charge is -2.20. The lowest BCUT2D eigenvalue weighted by Crippen LogP contribution is -2.36. The number of carbonyl (C=O) groups excluding carboxylic acids is 1. The summed E-state index contributed by atoms with van der Waals surface area (Å²) in [5.74, 6) is 0.125. The first-order chi connectivity index (χ1) is 9.95. The highest BCUT2D eigenvalue weighted by molar-refractivity contribution is 7.89. The molecule has 9 heteroatoms. The van der Waals surface area contributed by atoms with Gasteiger partial charge in [-0.25, -0.2) is 13.4 Å². The van der Waals surface area contributed by atoms with Crippen LogP contribution in [0, 0.1) is 0 Å². The number of hydrogen-bond acceptors (Lipinski definition) is 6. The number of rotatable bonds is 9. The predicted octanol–water partition coefficient (Wildman–Crippen LogP) is 0.172. The van der Waals surface area contributed by atoms with Crippen molar-refractivity contribution >= 4 is 16.0 Å². The van der Waals surface area contributed by atoms with Crippen LogP contribution in [0.2, 0.25) is 0 Å². The van der Waals surface area contributed by atoms with Crippen molar-refractivity contribution in [2.24, 2.45) is 0 Å². The van der Waals surface area contributed by atoms with Gasteiger partial charge in [0.1, 0.15) is 5.82 Å². The van der Waals surface area contributed by atoms with Gasteiger partial charge in [-0.1, -0.05) is 6.92 Å². The Morgan fingerprint density at radius 2 is 2.10 bits per heavy atom. The molecule has 120 valence electrons. The molecule has 0 bridgehead atoms. The number of aromatic nitrogens is 2. The van der Waals surface area contributed by atoms with Gasteiger partial charge in [0.2, 0.25) is 0 Å². The van der Waals surface area contributed by atoms with Gasteiger partial charge < -0.3 is 14.5 Å². The third-order valence-electron chi connectivity index (χ3n) is 2.90. The Morgan fingerprint density at radius 3 is 2.62 bits per heavy atom. The Balaban J connectivity index is 2.90. The number of aryl methyl sites for hydroxylation is 1. The van der Waals surface area contributed by atoms with Crippen molar-refractivity contribution in [1.82, 2.24) is 14.3 Å². The zero-order valence-electron chi connectivity index (χ0n) is 12.5. The lowest BCUT2D eigenvalue weighted by molar-refractivity contribution is -0.140. The van der Waals surface area contributed by atoms with Crippen molar-refractivity contribution in [2.45, 2.75) is 24.8 Å². The minimum atomic E-state index is -3.74. The minimum absolute atomic E-state index is 0.0142. The largest absolute Gasteiger partial charge is 0.469 e. The van der Waals surface area contributed by atoms with E-state index in [9.17, 15) is 13.2 Å². The highest BCUT2D eigenvalue weighted by Gasteiger charge is 2.26. The van der Waals surface area contributed by atoms with Crippen molar-refractivity contribution < 1.29 is 22.7 Å². The number of nitrogens with zero attached hydrogens (tertiary/aromatic N) is 2. The Kier molecular flexibility index (Phi) is 6.79. The average molecular weight is 319 g/mol. The molecular formula is C12H21N3O5S. The summed E-state index contributed by atoms with van der Waals surface area (Å²) in [5.41, 5.74) is 0. The van der Waals surface area contributed by atoms with E-state index in [0.29, 0.717) is 12.2 Å². The van der Waals surface area contributed by atoms with Gasteiger partial charge in [0, 0.05) is 26.6 Å². The number of esters is 1. The molecule has 1 aromatic heterocycles. The molecule has 0 atom stereocenters. The summed E-state index contributed by atoms with van der Waals surface area (Å²) in [6, 6.07) is 0.